The smallest absolute Gasteiger partial charge is 0.0167 e. The summed E-state index contributed by atoms with van der Waals surface area (Å²) in [5.74, 6) is 0.687. The maximum atomic E-state index is 2.31. The van der Waals surface area contributed by atoms with Crippen molar-refractivity contribution in [1.82, 2.24) is 0 Å². The van der Waals surface area contributed by atoms with E-state index in [1.807, 2.05) is 0 Å². The second-order valence-electron chi connectivity index (χ2n) is 3.73. The Morgan fingerprint density at radius 1 is 1.15 bits per heavy atom. The fourth-order valence-electron chi connectivity index (χ4n) is 1.69. The summed E-state index contributed by atoms with van der Waals surface area (Å²) in [5, 5.41) is 0. The zero-order valence-corrected chi connectivity index (χ0v) is 8.25. The van der Waals surface area contributed by atoms with E-state index in [1.54, 1.807) is 0 Å². The van der Waals surface area contributed by atoms with Gasteiger partial charge in [0.05, 0.1) is 0 Å². The quantitative estimate of drug-likeness (QED) is 0.636. The van der Waals surface area contributed by atoms with E-state index in [0.717, 1.165) is 0 Å². The highest BCUT2D eigenvalue weighted by molar-refractivity contribution is 5.69. The molecular weight excluding hydrogens is 156 g/mol. The Bertz CT molecular complexity index is 334. The lowest BCUT2D eigenvalue weighted by Crippen LogP contribution is -1.95. The summed E-state index contributed by atoms with van der Waals surface area (Å²) in [6.45, 7) is 4.52. The van der Waals surface area contributed by atoms with Crippen LogP contribution in [0, 0.1) is 12.3 Å². The molecule has 1 atom stereocenters. The average Bonchev–Trinajstić information content (AvgIpc) is 2.59. The molecule has 1 aromatic carbocycles. The highest BCUT2D eigenvalue weighted by Gasteiger charge is 2.15. The Balaban J connectivity index is 2.26. The van der Waals surface area contributed by atoms with Crippen LogP contribution in [0.1, 0.15) is 31.4 Å². The monoisotopic (exact) mass is 171 g/mol. The van der Waals surface area contributed by atoms with Crippen molar-refractivity contribution >= 4 is 6.08 Å². The summed E-state index contributed by atoms with van der Waals surface area (Å²) in [5.41, 5.74) is 4.22. The van der Waals surface area contributed by atoms with E-state index in [2.05, 4.69) is 50.6 Å². The lowest BCUT2D eigenvalue weighted by atomic mass is 9.97. The number of hydrogen-bond donors (Lipinski definition) is 0. The van der Waals surface area contributed by atoms with Gasteiger partial charge in [-0.2, -0.15) is 0 Å². The van der Waals surface area contributed by atoms with Gasteiger partial charge >= 0.3 is 0 Å². The normalized spacial score (nSPS) is 16.6. The molecule has 0 heterocycles. The summed E-state index contributed by atoms with van der Waals surface area (Å²) < 4.78 is 0. The molecule has 1 unspecified atom stereocenters. The van der Waals surface area contributed by atoms with Gasteiger partial charge in [0.25, 0.3) is 0 Å². The molecule has 0 amide bonds. The first kappa shape index (κ1) is 8.55. The molecule has 2 rings (SSSR count). The Hall–Kier alpha value is -1.04. The van der Waals surface area contributed by atoms with Crippen molar-refractivity contribution in [3.8, 4) is 0 Å². The van der Waals surface area contributed by atoms with E-state index in [1.165, 1.54) is 23.1 Å². The van der Waals surface area contributed by atoms with Gasteiger partial charge in [-0.25, -0.2) is 0 Å². The molecule has 0 fully saturated rings. The van der Waals surface area contributed by atoms with Gasteiger partial charge in [-0.3, -0.25) is 0 Å². The molecule has 0 saturated heterocycles. The molecule has 0 aliphatic heterocycles. The molecule has 0 heteroatoms. The van der Waals surface area contributed by atoms with Crippen molar-refractivity contribution in [1.29, 1.82) is 0 Å². The van der Waals surface area contributed by atoms with Crippen LogP contribution < -0.4 is 0 Å². The lowest BCUT2D eigenvalue weighted by Gasteiger charge is -2.08. The van der Waals surface area contributed by atoms with Crippen LogP contribution >= 0.6 is 0 Å². The van der Waals surface area contributed by atoms with Crippen molar-refractivity contribution in [2.75, 3.05) is 0 Å². The lowest BCUT2D eigenvalue weighted by molar-refractivity contribution is 0.669. The van der Waals surface area contributed by atoms with E-state index in [9.17, 15) is 0 Å². The Morgan fingerprint density at radius 2 is 1.85 bits per heavy atom. The van der Waals surface area contributed by atoms with Crippen LogP contribution in [0.25, 0.3) is 6.08 Å². The van der Waals surface area contributed by atoms with Crippen LogP contribution in [0.5, 0.6) is 0 Å². The van der Waals surface area contributed by atoms with Crippen molar-refractivity contribution in [3.63, 3.8) is 0 Å². The molecule has 1 aliphatic carbocycles. The summed E-state index contributed by atoms with van der Waals surface area (Å²) >= 11 is 0. The summed E-state index contributed by atoms with van der Waals surface area (Å²) in [6, 6.07) is 8.56. The standard InChI is InChI=1S/C13H15/c1-3-10(2)13-8-11-6-4-5-7-12(11)9-13/h4-10H,3H2,1-2H3. The highest BCUT2D eigenvalue weighted by Crippen LogP contribution is 2.31. The topological polar surface area (TPSA) is 0 Å². The average molecular weight is 171 g/mol. The minimum absolute atomic E-state index is 0.687. The minimum Gasteiger partial charge on any atom is -0.0648 e. The molecule has 1 aliphatic rings. The Morgan fingerprint density at radius 3 is 2.46 bits per heavy atom. The zero-order chi connectivity index (χ0) is 9.26. The summed E-state index contributed by atoms with van der Waals surface area (Å²) in [7, 11) is 0. The van der Waals surface area contributed by atoms with E-state index >= 15 is 0 Å². The molecule has 1 radical (unpaired) electrons. The van der Waals surface area contributed by atoms with Gasteiger partial charge in [0, 0.05) is 6.42 Å². The molecule has 0 nitrogen and oxygen atoms in total. The summed E-state index contributed by atoms with van der Waals surface area (Å²) in [6.07, 6.45) is 5.84. The van der Waals surface area contributed by atoms with Crippen molar-refractivity contribution < 1.29 is 0 Å². The molecule has 0 bridgehead atoms. The highest BCUT2D eigenvalue weighted by atomic mass is 14.2. The van der Waals surface area contributed by atoms with Crippen LogP contribution in [0.15, 0.2) is 29.8 Å². The number of fused-ring (bicyclic) bond motifs is 1. The Labute approximate surface area is 80.3 Å². The van der Waals surface area contributed by atoms with Crippen LogP contribution in [-0.2, 0) is 0 Å². The molecule has 0 N–H and O–H groups in total. The zero-order valence-electron chi connectivity index (χ0n) is 8.25. The molecule has 1 aromatic rings. The van der Waals surface area contributed by atoms with E-state index < -0.39 is 0 Å². The minimum atomic E-state index is 0.687. The first-order chi connectivity index (χ1) is 6.31. The van der Waals surface area contributed by atoms with E-state index in [-0.39, 0.29) is 0 Å². The molecular formula is C13H15. The number of allylic oxidation sites excluding steroid dienone is 1. The molecule has 0 spiro atoms. The van der Waals surface area contributed by atoms with E-state index in [0.29, 0.717) is 5.92 Å². The van der Waals surface area contributed by atoms with E-state index in [4.69, 9.17) is 0 Å². The molecule has 0 saturated carbocycles. The third-order valence-corrected chi connectivity index (χ3v) is 2.82. The van der Waals surface area contributed by atoms with Gasteiger partial charge in [-0.15, -0.1) is 0 Å². The van der Waals surface area contributed by atoms with Crippen LogP contribution in [0.4, 0.5) is 0 Å². The SMILES string of the molecule is CCC(C)C1=Cc2ccccc2[CH]1. The third-order valence-electron chi connectivity index (χ3n) is 2.82. The maximum absolute atomic E-state index is 2.31. The third kappa shape index (κ3) is 1.53. The van der Waals surface area contributed by atoms with Crippen LogP contribution in [0.2, 0.25) is 0 Å². The second-order valence-corrected chi connectivity index (χ2v) is 3.73. The number of hydrogen-bond acceptors (Lipinski definition) is 0. The largest absolute Gasteiger partial charge is 0.0648 e. The van der Waals surface area contributed by atoms with Crippen LogP contribution in [0.3, 0.4) is 0 Å². The van der Waals surface area contributed by atoms with Gasteiger partial charge in [-0.1, -0.05) is 49.8 Å². The van der Waals surface area contributed by atoms with Gasteiger partial charge in [0.1, 0.15) is 0 Å². The predicted molar refractivity (Wildman–Crippen MR) is 57.3 cm³/mol. The van der Waals surface area contributed by atoms with Gasteiger partial charge in [-0.05, 0) is 23.5 Å². The first-order valence-corrected chi connectivity index (χ1v) is 4.96. The first-order valence-electron chi connectivity index (χ1n) is 4.96. The second kappa shape index (κ2) is 3.37. The van der Waals surface area contributed by atoms with Crippen molar-refractivity contribution in [2.24, 2.45) is 5.92 Å². The van der Waals surface area contributed by atoms with Crippen molar-refractivity contribution in [2.45, 2.75) is 20.3 Å². The summed E-state index contributed by atoms with van der Waals surface area (Å²) in [4.78, 5) is 0. The predicted octanol–water partition coefficient (Wildman–Crippen LogP) is 3.68. The van der Waals surface area contributed by atoms with Gasteiger partial charge < -0.3 is 0 Å². The molecule has 67 valence electrons. The Kier molecular flexibility index (Phi) is 2.22. The van der Waals surface area contributed by atoms with Gasteiger partial charge in [0.2, 0.25) is 0 Å². The molecule has 13 heavy (non-hydrogen) atoms. The fourth-order valence-corrected chi connectivity index (χ4v) is 1.69. The molecule has 0 aromatic heterocycles. The van der Waals surface area contributed by atoms with Crippen molar-refractivity contribution in [3.05, 3.63) is 47.4 Å². The maximum Gasteiger partial charge on any atom is 0.0167 e. The fraction of sp³-hybridized carbons (Fsp3) is 0.308. The number of benzene rings is 1. The van der Waals surface area contributed by atoms with Crippen LogP contribution in [-0.4, -0.2) is 0 Å². The van der Waals surface area contributed by atoms with Gasteiger partial charge in [0.15, 0.2) is 0 Å². The number of rotatable bonds is 2.